The van der Waals surface area contributed by atoms with Crippen molar-refractivity contribution in [2.45, 2.75) is 20.4 Å². The summed E-state index contributed by atoms with van der Waals surface area (Å²) in [6.07, 6.45) is 0. The molecule has 6 heteroatoms. The zero-order valence-electron chi connectivity index (χ0n) is 17.9. The van der Waals surface area contributed by atoms with Gasteiger partial charge in [-0.3, -0.25) is 4.79 Å². The number of hydrogen-bond acceptors (Lipinski definition) is 4. The van der Waals surface area contributed by atoms with E-state index in [-0.39, 0.29) is 6.61 Å². The number of imidazole rings is 1. The van der Waals surface area contributed by atoms with Crippen LogP contribution in [0.3, 0.4) is 0 Å². The van der Waals surface area contributed by atoms with Crippen molar-refractivity contribution in [3.63, 3.8) is 0 Å². The molecule has 1 aromatic heterocycles. The third-order valence-corrected chi connectivity index (χ3v) is 5.41. The maximum Gasteiger partial charge on any atom is 0.255 e. The Morgan fingerprint density at radius 1 is 1.03 bits per heavy atom. The molecule has 0 aliphatic heterocycles. The van der Waals surface area contributed by atoms with Gasteiger partial charge in [0.05, 0.1) is 30.3 Å². The first-order chi connectivity index (χ1) is 15.0. The largest absolute Gasteiger partial charge is 0.497 e. The Hall–Kier alpha value is -3.80. The molecule has 0 atom stereocenters. The van der Waals surface area contributed by atoms with Gasteiger partial charge in [0.2, 0.25) is 0 Å². The predicted molar refractivity (Wildman–Crippen MR) is 121 cm³/mol. The molecule has 4 aromatic rings. The lowest BCUT2D eigenvalue weighted by atomic mass is 10.0. The van der Waals surface area contributed by atoms with E-state index in [4.69, 9.17) is 20.2 Å². The van der Waals surface area contributed by atoms with Gasteiger partial charge in [0.25, 0.3) is 5.91 Å². The molecule has 158 valence electrons. The highest BCUT2D eigenvalue weighted by Crippen LogP contribution is 2.35. The summed E-state index contributed by atoms with van der Waals surface area (Å²) in [6.45, 7) is 4.68. The molecule has 3 aromatic carbocycles. The van der Waals surface area contributed by atoms with E-state index in [1.165, 1.54) is 16.7 Å². The molecule has 31 heavy (non-hydrogen) atoms. The van der Waals surface area contributed by atoms with Crippen LogP contribution in [-0.2, 0) is 11.3 Å². The monoisotopic (exact) mass is 415 g/mol. The molecule has 0 unspecified atom stereocenters. The second kappa shape index (κ2) is 8.52. The molecule has 1 amide bonds. The average Bonchev–Trinajstić information content (AvgIpc) is 3.12. The number of nitrogens with zero attached hydrogens (tertiary/aromatic N) is 2. The standard InChI is InChI=1S/C25H25N3O3/c1-16-7-6-8-17(2)20(16)14-28-22-10-5-4-9-21(22)27-25(28)19-12-11-18(30-3)13-23(19)31-15-24(26)29/h4-13H,14-15H2,1-3H3,(H2,26,29). The van der Waals surface area contributed by atoms with E-state index in [1.807, 2.05) is 30.3 Å². The van der Waals surface area contributed by atoms with Crippen molar-refractivity contribution in [1.82, 2.24) is 9.55 Å². The van der Waals surface area contributed by atoms with Gasteiger partial charge in [-0.1, -0.05) is 30.3 Å². The van der Waals surface area contributed by atoms with Gasteiger partial charge in [0.15, 0.2) is 6.61 Å². The van der Waals surface area contributed by atoms with E-state index >= 15 is 0 Å². The topological polar surface area (TPSA) is 79.4 Å². The van der Waals surface area contributed by atoms with Crippen LogP contribution in [0.1, 0.15) is 16.7 Å². The number of aromatic nitrogens is 2. The molecule has 0 aliphatic carbocycles. The highest BCUT2D eigenvalue weighted by atomic mass is 16.5. The molecule has 0 spiro atoms. The summed E-state index contributed by atoms with van der Waals surface area (Å²) < 4.78 is 13.3. The summed E-state index contributed by atoms with van der Waals surface area (Å²) in [7, 11) is 1.59. The number of nitrogens with two attached hydrogens (primary N) is 1. The third kappa shape index (κ3) is 4.10. The number of carbonyl (C=O) groups excluding carboxylic acids is 1. The molecule has 0 aliphatic rings. The van der Waals surface area contributed by atoms with E-state index in [9.17, 15) is 4.79 Å². The van der Waals surface area contributed by atoms with Crippen LogP contribution in [0.2, 0.25) is 0 Å². The molecular formula is C25H25N3O3. The van der Waals surface area contributed by atoms with Crippen molar-refractivity contribution < 1.29 is 14.3 Å². The molecule has 4 rings (SSSR count). The Labute approximate surface area is 181 Å². The number of primary amides is 1. The van der Waals surface area contributed by atoms with Crippen LogP contribution in [-0.4, -0.2) is 29.2 Å². The van der Waals surface area contributed by atoms with E-state index in [2.05, 4.69) is 42.7 Å². The van der Waals surface area contributed by atoms with Crippen LogP contribution in [0.5, 0.6) is 11.5 Å². The third-order valence-electron chi connectivity index (χ3n) is 5.41. The van der Waals surface area contributed by atoms with Gasteiger partial charge in [-0.05, 0) is 54.8 Å². The highest BCUT2D eigenvalue weighted by Gasteiger charge is 2.19. The number of benzene rings is 3. The minimum absolute atomic E-state index is 0.225. The van der Waals surface area contributed by atoms with E-state index in [1.54, 1.807) is 13.2 Å². The van der Waals surface area contributed by atoms with Crippen LogP contribution >= 0.6 is 0 Å². The Balaban J connectivity index is 1.90. The van der Waals surface area contributed by atoms with Gasteiger partial charge >= 0.3 is 0 Å². The first-order valence-electron chi connectivity index (χ1n) is 10.1. The Morgan fingerprint density at radius 3 is 2.48 bits per heavy atom. The number of carbonyl (C=O) groups is 1. The summed E-state index contributed by atoms with van der Waals surface area (Å²) in [4.78, 5) is 16.3. The molecule has 0 saturated carbocycles. The van der Waals surface area contributed by atoms with Crippen LogP contribution in [0, 0.1) is 13.8 Å². The maximum atomic E-state index is 11.3. The fourth-order valence-electron chi connectivity index (χ4n) is 3.78. The number of amides is 1. The van der Waals surface area contributed by atoms with Gasteiger partial charge < -0.3 is 19.8 Å². The van der Waals surface area contributed by atoms with Gasteiger partial charge in [0, 0.05) is 6.07 Å². The Bertz CT molecular complexity index is 1240. The normalized spacial score (nSPS) is 10.9. The molecule has 0 radical (unpaired) electrons. The summed E-state index contributed by atoms with van der Waals surface area (Å²) in [5.74, 6) is 1.33. The number of methoxy groups -OCH3 is 1. The van der Waals surface area contributed by atoms with Crippen LogP contribution < -0.4 is 15.2 Å². The molecule has 0 bridgehead atoms. The Morgan fingerprint density at radius 2 is 1.77 bits per heavy atom. The zero-order valence-corrected chi connectivity index (χ0v) is 17.9. The number of rotatable bonds is 7. The lowest BCUT2D eigenvalue weighted by Gasteiger charge is -2.16. The number of ether oxygens (including phenoxy) is 2. The lowest BCUT2D eigenvalue weighted by Crippen LogP contribution is -2.20. The summed E-state index contributed by atoms with van der Waals surface area (Å²) >= 11 is 0. The van der Waals surface area contributed by atoms with Crippen molar-refractivity contribution in [2.24, 2.45) is 5.73 Å². The van der Waals surface area contributed by atoms with Crippen molar-refractivity contribution in [3.8, 4) is 22.9 Å². The maximum absolute atomic E-state index is 11.3. The SMILES string of the molecule is COc1ccc(-c2nc3ccccc3n2Cc2c(C)cccc2C)c(OCC(N)=O)c1. The van der Waals surface area contributed by atoms with E-state index in [0.717, 1.165) is 22.4 Å². The molecule has 0 fully saturated rings. The minimum Gasteiger partial charge on any atom is -0.497 e. The van der Waals surface area contributed by atoms with E-state index < -0.39 is 5.91 Å². The summed E-state index contributed by atoms with van der Waals surface area (Å²) in [6, 6.07) is 19.9. The molecule has 2 N–H and O–H groups in total. The smallest absolute Gasteiger partial charge is 0.255 e. The lowest BCUT2D eigenvalue weighted by molar-refractivity contribution is -0.119. The number of aryl methyl sites for hydroxylation is 2. The van der Waals surface area contributed by atoms with E-state index in [0.29, 0.717) is 18.0 Å². The molecular weight excluding hydrogens is 390 g/mol. The average molecular weight is 415 g/mol. The second-order valence-electron chi connectivity index (χ2n) is 7.50. The fourth-order valence-corrected chi connectivity index (χ4v) is 3.78. The van der Waals surface area contributed by atoms with Crippen LogP contribution in [0.4, 0.5) is 0 Å². The van der Waals surface area contributed by atoms with Crippen LogP contribution in [0.15, 0.2) is 60.7 Å². The zero-order chi connectivity index (χ0) is 22.0. The summed E-state index contributed by atoms with van der Waals surface area (Å²) in [5, 5.41) is 0. The van der Waals surface area contributed by atoms with Crippen molar-refractivity contribution in [3.05, 3.63) is 77.4 Å². The van der Waals surface area contributed by atoms with Gasteiger partial charge in [0.1, 0.15) is 17.3 Å². The van der Waals surface area contributed by atoms with Gasteiger partial charge in [-0.2, -0.15) is 0 Å². The molecule has 1 heterocycles. The van der Waals surface area contributed by atoms with Crippen LogP contribution in [0.25, 0.3) is 22.4 Å². The quantitative estimate of drug-likeness (QED) is 0.490. The number of hydrogen-bond donors (Lipinski definition) is 1. The number of fused-ring (bicyclic) bond motifs is 1. The first kappa shape index (κ1) is 20.5. The number of para-hydroxylation sites is 2. The highest BCUT2D eigenvalue weighted by molar-refractivity contribution is 5.83. The van der Waals surface area contributed by atoms with Crippen molar-refractivity contribution in [1.29, 1.82) is 0 Å². The van der Waals surface area contributed by atoms with Gasteiger partial charge in [-0.25, -0.2) is 4.98 Å². The Kier molecular flexibility index (Phi) is 5.62. The summed E-state index contributed by atoms with van der Waals surface area (Å²) in [5.41, 5.74) is 11.7. The minimum atomic E-state index is -0.544. The van der Waals surface area contributed by atoms with Crippen molar-refractivity contribution in [2.75, 3.05) is 13.7 Å². The molecule has 6 nitrogen and oxygen atoms in total. The second-order valence-corrected chi connectivity index (χ2v) is 7.50. The predicted octanol–water partition coefficient (Wildman–Crippen LogP) is 4.24. The van der Waals surface area contributed by atoms with Crippen molar-refractivity contribution >= 4 is 16.9 Å². The van der Waals surface area contributed by atoms with Gasteiger partial charge in [-0.15, -0.1) is 0 Å². The fraction of sp³-hybridized carbons (Fsp3) is 0.200. The first-order valence-corrected chi connectivity index (χ1v) is 10.1. The molecule has 0 saturated heterocycles.